The lowest BCUT2D eigenvalue weighted by molar-refractivity contribution is 0.482. The predicted octanol–water partition coefficient (Wildman–Crippen LogP) is 2.60. The number of rotatable bonds is 1. The van der Waals surface area contributed by atoms with Crippen LogP contribution in [0, 0.1) is 6.92 Å². The zero-order chi connectivity index (χ0) is 11.0. The van der Waals surface area contributed by atoms with Crippen molar-refractivity contribution >= 4 is 5.82 Å². The van der Waals surface area contributed by atoms with E-state index in [4.69, 9.17) is 0 Å². The third-order valence-electron chi connectivity index (χ3n) is 3.12. The molecular weight excluding hydrogens is 198 g/mol. The Morgan fingerprint density at radius 1 is 1.38 bits per heavy atom. The van der Waals surface area contributed by atoms with Gasteiger partial charge in [-0.1, -0.05) is 29.8 Å². The molecule has 1 aromatic carbocycles. The molecule has 2 aromatic rings. The van der Waals surface area contributed by atoms with Crippen molar-refractivity contribution < 1.29 is 0 Å². The minimum atomic E-state index is 0.381. The highest BCUT2D eigenvalue weighted by atomic mass is 15.4. The summed E-state index contributed by atoms with van der Waals surface area (Å²) < 4.78 is 2.08. The Labute approximate surface area is 95.1 Å². The molecule has 3 nitrogen and oxygen atoms in total. The maximum atomic E-state index is 4.40. The summed E-state index contributed by atoms with van der Waals surface area (Å²) in [5.41, 5.74) is 2.66. The fourth-order valence-corrected chi connectivity index (χ4v) is 2.35. The molecule has 1 aliphatic rings. The maximum Gasteiger partial charge on any atom is 0.124 e. The lowest BCUT2D eigenvalue weighted by Gasteiger charge is -2.26. The molecule has 1 aromatic heterocycles. The third kappa shape index (κ3) is 1.48. The highest BCUT2D eigenvalue weighted by Gasteiger charge is 2.20. The molecule has 0 bridgehead atoms. The molecular formula is C13H15N3. The average molecular weight is 213 g/mol. The molecule has 0 saturated heterocycles. The van der Waals surface area contributed by atoms with Gasteiger partial charge in [-0.05, 0) is 18.9 Å². The topological polar surface area (TPSA) is 29.9 Å². The van der Waals surface area contributed by atoms with Gasteiger partial charge in [-0.2, -0.15) is 5.10 Å². The summed E-state index contributed by atoms with van der Waals surface area (Å²) in [7, 11) is 0. The van der Waals surface area contributed by atoms with Gasteiger partial charge < -0.3 is 5.32 Å². The van der Waals surface area contributed by atoms with Gasteiger partial charge >= 0.3 is 0 Å². The number of nitrogens with one attached hydrogen (secondary N) is 1. The van der Waals surface area contributed by atoms with Crippen molar-refractivity contribution in [1.82, 2.24) is 9.78 Å². The Balaban J connectivity index is 2.04. The number of hydrogen-bond acceptors (Lipinski definition) is 2. The zero-order valence-electron chi connectivity index (χ0n) is 9.35. The fraction of sp³-hybridized carbons (Fsp3) is 0.308. The Hall–Kier alpha value is -1.77. The highest BCUT2D eigenvalue weighted by molar-refractivity contribution is 5.39. The van der Waals surface area contributed by atoms with Gasteiger partial charge in [0.05, 0.1) is 12.2 Å². The molecule has 82 valence electrons. The van der Waals surface area contributed by atoms with Gasteiger partial charge in [0.1, 0.15) is 5.82 Å². The van der Waals surface area contributed by atoms with Gasteiger partial charge in [-0.25, -0.2) is 4.68 Å². The molecule has 1 atom stereocenters. The van der Waals surface area contributed by atoms with E-state index in [1.807, 2.05) is 12.3 Å². The van der Waals surface area contributed by atoms with E-state index in [0.717, 1.165) is 18.8 Å². The van der Waals surface area contributed by atoms with Gasteiger partial charge in [-0.3, -0.25) is 0 Å². The highest BCUT2D eigenvalue weighted by Crippen LogP contribution is 2.28. The van der Waals surface area contributed by atoms with E-state index in [1.54, 1.807) is 0 Å². The number of fused-ring (bicyclic) bond motifs is 1. The quantitative estimate of drug-likeness (QED) is 0.789. The molecule has 3 heteroatoms. The number of hydrogen-bond donors (Lipinski definition) is 1. The molecule has 0 spiro atoms. The summed E-state index contributed by atoms with van der Waals surface area (Å²) in [4.78, 5) is 0. The standard InChI is InChI=1S/C13H15N3/c1-10-3-2-4-11(9-10)12-5-7-14-13-6-8-15-16(12)13/h2-4,6,8-9,12,14H,5,7H2,1H3. The number of anilines is 1. The maximum absolute atomic E-state index is 4.40. The first-order valence-electron chi connectivity index (χ1n) is 5.68. The Morgan fingerprint density at radius 3 is 3.19 bits per heavy atom. The Bertz CT molecular complexity index is 501. The van der Waals surface area contributed by atoms with Gasteiger partial charge in [0.2, 0.25) is 0 Å². The largest absolute Gasteiger partial charge is 0.370 e. The first kappa shape index (κ1) is 9.46. The molecule has 3 rings (SSSR count). The summed E-state index contributed by atoms with van der Waals surface area (Å²) in [5.74, 6) is 1.12. The summed E-state index contributed by atoms with van der Waals surface area (Å²) in [6, 6.07) is 11.1. The van der Waals surface area contributed by atoms with E-state index in [2.05, 4.69) is 46.3 Å². The first-order chi connectivity index (χ1) is 7.84. The molecule has 1 aliphatic heterocycles. The van der Waals surface area contributed by atoms with Crippen molar-refractivity contribution in [2.45, 2.75) is 19.4 Å². The number of aryl methyl sites for hydroxylation is 1. The first-order valence-corrected chi connectivity index (χ1v) is 5.68. The summed E-state index contributed by atoms with van der Waals surface area (Å²) >= 11 is 0. The molecule has 0 aliphatic carbocycles. The molecule has 1 N–H and O–H groups in total. The summed E-state index contributed by atoms with van der Waals surface area (Å²) in [5, 5.41) is 7.76. The van der Waals surface area contributed by atoms with E-state index in [-0.39, 0.29) is 0 Å². The second-order valence-corrected chi connectivity index (χ2v) is 4.31. The van der Waals surface area contributed by atoms with Crippen molar-refractivity contribution in [2.75, 3.05) is 11.9 Å². The minimum absolute atomic E-state index is 0.381. The normalized spacial score (nSPS) is 18.9. The van der Waals surface area contributed by atoms with E-state index in [1.165, 1.54) is 11.1 Å². The van der Waals surface area contributed by atoms with Crippen LogP contribution < -0.4 is 5.32 Å². The van der Waals surface area contributed by atoms with Crippen molar-refractivity contribution in [2.24, 2.45) is 0 Å². The van der Waals surface area contributed by atoms with Crippen LogP contribution in [0.5, 0.6) is 0 Å². The number of nitrogens with zero attached hydrogens (tertiary/aromatic N) is 2. The SMILES string of the molecule is Cc1cccc(C2CCNc3ccnn32)c1. The lowest BCUT2D eigenvalue weighted by Crippen LogP contribution is -2.24. The van der Waals surface area contributed by atoms with Crippen LogP contribution in [-0.4, -0.2) is 16.3 Å². The summed E-state index contributed by atoms with van der Waals surface area (Å²) in [6.45, 7) is 3.15. The number of benzene rings is 1. The van der Waals surface area contributed by atoms with Crippen molar-refractivity contribution in [3.8, 4) is 0 Å². The predicted molar refractivity (Wildman–Crippen MR) is 64.7 cm³/mol. The van der Waals surface area contributed by atoms with Crippen molar-refractivity contribution in [1.29, 1.82) is 0 Å². The molecule has 0 fully saturated rings. The van der Waals surface area contributed by atoms with Crippen molar-refractivity contribution in [3.05, 3.63) is 47.7 Å². The molecule has 0 radical (unpaired) electrons. The molecule has 16 heavy (non-hydrogen) atoms. The average Bonchev–Trinajstić information content (AvgIpc) is 2.76. The van der Waals surface area contributed by atoms with E-state index in [9.17, 15) is 0 Å². The molecule has 0 saturated carbocycles. The minimum Gasteiger partial charge on any atom is -0.370 e. The molecule has 0 amide bonds. The number of aromatic nitrogens is 2. The van der Waals surface area contributed by atoms with Crippen LogP contribution in [0.4, 0.5) is 5.82 Å². The Morgan fingerprint density at radius 2 is 2.31 bits per heavy atom. The van der Waals surface area contributed by atoms with Gasteiger partial charge in [0, 0.05) is 12.6 Å². The molecule has 1 unspecified atom stereocenters. The van der Waals surface area contributed by atoms with Crippen LogP contribution in [0.25, 0.3) is 0 Å². The van der Waals surface area contributed by atoms with E-state index in [0.29, 0.717) is 6.04 Å². The van der Waals surface area contributed by atoms with Crippen LogP contribution in [-0.2, 0) is 0 Å². The Kier molecular flexibility index (Phi) is 2.17. The zero-order valence-corrected chi connectivity index (χ0v) is 9.35. The van der Waals surface area contributed by atoms with Gasteiger partial charge in [0.15, 0.2) is 0 Å². The van der Waals surface area contributed by atoms with Gasteiger partial charge in [0.25, 0.3) is 0 Å². The second-order valence-electron chi connectivity index (χ2n) is 4.31. The van der Waals surface area contributed by atoms with Crippen LogP contribution in [0.2, 0.25) is 0 Å². The van der Waals surface area contributed by atoms with Crippen LogP contribution in [0.15, 0.2) is 36.5 Å². The summed E-state index contributed by atoms with van der Waals surface area (Å²) in [6.07, 6.45) is 2.95. The van der Waals surface area contributed by atoms with Crippen LogP contribution in [0.1, 0.15) is 23.6 Å². The van der Waals surface area contributed by atoms with Gasteiger partial charge in [-0.15, -0.1) is 0 Å². The smallest absolute Gasteiger partial charge is 0.124 e. The lowest BCUT2D eigenvalue weighted by atomic mass is 10.0. The van der Waals surface area contributed by atoms with E-state index >= 15 is 0 Å². The fourth-order valence-electron chi connectivity index (χ4n) is 2.35. The van der Waals surface area contributed by atoms with Crippen molar-refractivity contribution in [3.63, 3.8) is 0 Å². The van der Waals surface area contributed by atoms with E-state index < -0.39 is 0 Å². The van der Waals surface area contributed by atoms with Crippen LogP contribution in [0.3, 0.4) is 0 Å². The molecule has 2 heterocycles. The third-order valence-corrected chi connectivity index (χ3v) is 3.12. The second kappa shape index (κ2) is 3.67. The monoisotopic (exact) mass is 213 g/mol. The van der Waals surface area contributed by atoms with Crippen LogP contribution >= 0.6 is 0 Å².